The van der Waals surface area contributed by atoms with Gasteiger partial charge in [-0.3, -0.25) is 14.4 Å². The van der Waals surface area contributed by atoms with Crippen LogP contribution in [0.5, 0.6) is 23.0 Å². The Balaban J connectivity index is 0.000000259. The van der Waals surface area contributed by atoms with Gasteiger partial charge in [-0.25, -0.2) is 0 Å². The fraction of sp³-hybridized carbons (Fsp3) is 0.152. The summed E-state index contributed by atoms with van der Waals surface area (Å²) >= 11 is 0. The highest BCUT2D eigenvalue weighted by Gasteiger charge is 2.15. The first-order valence-corrected chi connectivity index (χ1v) is 17.6. The van der Waals surface area contributed by atoms with E-state index in [-0.39, 0.29) is 22.7 Å². The molecule has 1 heterocycles. The average molecular weight is 720 g/mol. The fourth-order valence-electron chi connectivity index (χ4n) is 5.87. The Morgan fingerprint density at radius 3 is 1.91 bits per heavy atom. The molecule has 0 fully saturated rings. The van der Waals surface area contributed by atoms with Crippen LogP contribution in [0.2, 0.25) is 0 Å². The van der Waals surface area contributed by atoms with Crippen molar-refractivity contribution in [3.05, 3.63) is 178 Å². The molecule has 1 aromatic heterocycles. The van der Waals surface area contributed by atoms with Gasteiger partial charge in [-0.2, -0.15) is 0 Å². The van der Waals surface area contributed by atoms with Gasteiger partial charge in [0.05, 0.1) is 10.8 Å². The molecular formula is C46H41NO7. The van der Waals surface area contributed by atoms with Crippen LogP contribution in [0.25, 0.3) is 21.9 Å². The summed E-state index contributed by atoms with van der Waals surface area (Å²) in [5.74, 6) is 1.71. The van der Waals surface area contributed by atoms with Gasteiger partial charge in [0.1, 0.15) is 29.4 Å². The third-order valence-corrected chi connectivity index (χ3v) is 8.62. The van der Waals surface area contributed by atoms with Gasteiger partial charge in [0.25, 0.3) is 0 Å². The summed E-state index contributed by atoms with van der Waals surface area (Å²) in [6.07, 6.45) is 0.682. The first-order chi connectivity index (χ1) is 26.1. The van der Waals surface area contributed by atoms with Crippen LogP contribution in [0.3, 0.4) is 0 Å². The van der Waals surface area contributed by atoms with Gasteiger partial charge in [-0.05, 0) is 86.2 Å². The maximum atomic E-state index is 13.3. The summed E-state index contributed by atoms with van der Waals surface area (Å²) < 4.78 is 18.3. The molecule has 0 aliphatic carbocycles. The zero-order valence-electron chi connectivity index (χ0n) is 30.5. The number of hydrogen-bond donors (Lipinski definition) is 1. The maximum Gasteiger partial charge on any atom is 0.200 e. The Hall–Kier alpha value is -6.51. The van der Waals surface area contributed by atoms with Gasteiger partial charge in [0, 0.05) is 36.6 Å². The number of likely N-dealkylation sites (N-methyl/N-ethyl adjacent to an activating group) is 1. The number of ketones is 2. The number of hydrogen-bond acceptors (Lipinski definition) is 8. The second-order valence-electron chi connectivity index (χ2n) is 13.2. The average Bonchev–Trinajstić information content (AvgIpc) is 3.16. The Labute approximate surface area is 313 Å². The minimum absolute atomic E-state index is 0.00900. The van der Waals surface area contributed by atoms with Crippen molar-refractivity contribution >= 4 is 33.5 Å². The van der Waals surface area contributed by atoms with Gasteiger partial charge in [0.15, 0.2) is 22.9 Å². The highest BCUT2D eigenvalue weighted by molar-refractivity contribution is 5.98. The number of carbonyl (C=O) groups is 2. The van der Waals surface area contributed by atoms with Crippen molar-refractivity contribution in [3.8, 4) is 23.0 Å². The van der Waals surface area contributed by atoms with E-state index in [0.29, 0.717) is 69.8 Å². The van der Waals surface area contributed by atoms with E-state index in [1.54, 1.807) is 60.7 Å². The first kappa shape index (κ1) is 37.3. The normalized spacial score (nSPS) is 10.9. The van der Waals surface area contributed by atoms with Crippen molar-refractivity contribution in [1.29, 1.82) is 0 Å². The van der Waals surface area contributed by atoms with E-state index in [1.807, 2.05) is 98.7 Å². The van der Waals surface area contributed by atoms with Crippen LogP contribution in [0.1, 0.15) is 37.4 Å². The smallest absolute Gasteiger partial charge is 0.200 e. The summed E-state index contributed by atoms with van der Waals surface area (Å²) in [5.41, 5.74) is 4.67. The molecule has 0 saturated carbocycles. The molecule has 6 aromatic carbocycles. The molecule has 0 unspecified atom stereocenters. The van der Waals surface area contributed by atoms with Crippen molar-refractivity contribution in [1.82, 2.24) is 4.90 Å². The topological polar surface area (TPSA) is 106 Å². The summed E-state index contributed by atoms with van der Waals surface area (Å²) in [5, 5.41) is 10.2. The fourth-order valence-corrected chi connectivity index (χ4v) is 5.87. The number of phenols is 1. The van der Waals surface area contributed by atoms with E-state index >= 15 is 0 Å². The maximum absolute atomic E-state index is 13.3. The second-order valence-corrected chi connectivity index (χ2v) is 13.2. The van der Waals surface area contributed by atoms with Crippen LogP contribution in [0.15, 0.2) is 149 Å². The second kappa shape index (κ2) is 17.3. The summed E-state index contributed by atoms with van der Waals surface area (Å²) in [6, 6.07) is 41.6. The van der Waals surface area contributed by atoms with Crippen molar-refractivity contribution in [2.45, 2.75) is 19.8 Å². The van der Waals surface area contributed by atoms with Crippen LogP contribution in [0.4, 0.5) is 0 Å². The lowest BCUT2D eigenvalue weighted by Crippen LogP contribution is -2.19. The third-order valence-electron chi connectivity index (χ3n) is 8.62. The molecule has 0 amide bonds. The highest BCUT2D eigenvalue weighted by Crippen LogP contribution is 2.32. The van der Waals surface area contributed by atoms with E-state index in [0.717, 1.165) is 23.2 Å². The molecule has 8 nitrogen and oxygen atoms in total. The zero-order chi connectivity index (χ0) is 38.0. The molecule has 0 aliphatic heterocycles. The molecule has 7 rings (SSSR count). The molecule has 0 spiro atoms. The number of benzene rings is 6. The molecule has 272 valence electrons. The van der Waals surface area contributed by atoms with E-state index in [4.69, 9.17) is 13.9 Å². The summed E-state index contributed by atoms with van der Waals surface area (Å²) in [7, 11) is 3.95. The quantitative estimate of drug-likeness (QED) is 0.0985. The third kappa shape index (κ3) is 9.67. The minimum Gasteiger partial charge on any atom is -0.508 e. The van der Waals surface area contributed by atoms with Crippen molar-refractivity contribution in [2.75, 3.05) is 27.2 Å². The number of aromatic hydroxyl groups is 1. The lowest BCUT2D eigenvalue weighted by Gasteiger charge is -2.13. The summed E-state index contributed by atoms with van der Waals surface area (Å²) in [6.45, 7) is 3.13. The minimum atomic E-state index is -0.123. The Morgan fingerprint density at radius 1 is 0.667 bits per heavy atom. The van der Waals surface area contributed by atoms with Crippen LogP contribution in [0, 0.1) is 6.92 Å². The Morgan fingerprint density at radius 2 is 1.28 bits per heavy atom. The van der Waals surface area contributed by atoms with Gasteiger partial charge in [-0.1, -0.05) is 84.9 Å². The van der Waals surface area contributed by atoms with E-state index < -0.39 is 0 Å². The molecule has 0 radical (unpaired) electrons. The number of phenolic OH excluding ortho intramolecular Hbond substituents is 1. The predicted molar refractivity (Wildman–Crippen MR) is 212 cm³/mol. The lowest BCUT2D eigenvalue weighted by atomic mass is 10.0. The molecule has 0 saturated heterocycles. The van der Waals surface area contributed by atoms with Gasteiger partial charge >= 0.3 is 0 Å². The molecule has 0 atom stereocenters. The number of aryl methyl sites for hydroxylation is 1. The first-order valence-electron chi connectivity index (χ1n) is 17.6. The SMILES string of the molecule is Cc1cc(OCCN(C)C)c2oc3cc(Oc4cccc(C(=O)Cc5ccccc5)c4)ccc3c(=O)c2c1.O=C(Cc1ccccc1)c1cccc(O)c1. The standard InChI is InChI=1S/C32H29NO5.C14H12O2/c1-21-16-27-31(35)26-13-12-25(20-29(26)38-32(27)30(17-21)36-15-14-33(2)3)37-24-11-7-10-23(19-24)28(34)18-22-8-5-4-6-9-22;15-13-8-4-7-12(10-13)14(16)9-11-5-2-1-3-6-11/h4-13,16-17,19-20H,14-15,18H2,1-3H3;1-8,10,15H,9H2. The van der Waals surface area contributed by atoms with Crippen molar-refractivity contribution < 1.29 is 28.6 Å². The molecular weight excluding hydrogens is 679 g/mol. The van der Waals surface area contributed by atoms with E-state index in [1.165, 1.54) is 6.07 Å². The number of Topliss-reactive ketones (excluding diaryl/α,β-unsaturated/α-hetero) is 2. The van der Waals surface area contributed by atoms with Gasteiger partial charge in [-0.15, -0.1) is 0 Å². The Kier molecular flexibility index (Phi) is 12.0. The number of nitrogens with zero attached hydrogens (tertiary/aromatic N) is 1. The van der Waals surface area contributed by atoms with Crippen molar-refractivity contribution in [2.24, 2.45) is 0 Å². The predicted octanol–water partition coefficient (Wildman–Crippen LogP) is 9.23. The summed E-state index contributed by atoms with van der Waals surface area (Å²) in [4.78, 5) is 40.0. The molecule has 1 N–H and O–H groups in total. The lowest BCUT2D eigenvalue weighted by molar-refractivity contribution is 0.0984. The monoisotopic (exact) mass is 719 g/mol. The van der Waals surface area contributed by atoms with Crippen LogP contribution in [-0.4, -0.2) is 48.8 Å². The molecule has 8 heteroatoms. The molecule has 0 bridgehead atoms. The van der Waals surface area contributed by atoms with Gasteiger partial charge < -0.3 is 23.9 Å². The molecule has 54 heavy (non-hydrogen) atoms. The van der Waals surface area contributed by atoms with E-state index in [2.05, 4.69) is 0 Å². The number of ether oxygens (including phenoxy) is 2. The molecule has 0 aliphatic rings. The van der Waals surface area contributed by atoms with Crippen LogP contribution in [-0.2, 0) is 12.8 Å². The van der Waals surface area contributed by atoms with Crippen LogP contribution >= 0.6 is 0 Å². The van der Waals surface area contributed by atoms with Crippen molar-refractivity contribution in [3.63, 3.8) is 0 Å². The number of rotatable bonds is 12. The Bertz CT molecular complexity index is 2450. The largest absolute Gasteiger partial charge is 0.508 e. The van der Waals surface area contributed by atoms with E-state index in [9.17, 15) is 19.5 Å². The van der Waals surface area contributed by atoms with Gasteiger partial charge in [0.2, 0.25) is 5.43 Å². The zero-order valence-corrected chi connectivity index (χ0v) is 30.5. The molecule has 7 aromatic rings. The van der Waals surface area contributed by atoms with Crippen LogP contribution < -0.4 is 14.9 Å². The number of carbonyl (C=O) groups excluding carboxylic acids is 2. The number of fused-ring (bicyclic) bond motifs is 2. The highest BCUT2D eigenvalue weighted by atomic mass is 16.5.